The topological polar surface area (TPSA) is 94.2 Å². The van der Waals surface area contributed by atoms with E-state index in [1.807, 2.05) is 57.7 Å². The minimum Gasteiger partial charge on any atom is -0.463 e. The molecule has 1 saturated heterocycles. The number of aryl methyl sites for hydroxylation is 2. The van der Waals surface area contributed by atoms with Crippen LogP contribution in [0.2, 0.25) is 0 Å². The zero-order valence-corrected chi connectivity index (χ0v) is 21.8. The summed E-state index contributed by atoms with van der Waals surface area (Å²) >= 11 is 0. The molecule has 192 valence electrons. The molecule has 0 radical (unpaired) electrons. The fourth-order valence-corrected chi connectivity index (χ4v) is 4.90. The van der Waals surface area contributed by atoms with Crippen molar-refractivity contribution in [3.05, 3.63) is 46.2 Å². The van der Waals surface area contributed by atoms with Crippen molar-refractivity contribution in [2.24, 2.45) is 0 Å². The van der Waals surface area contributed by atoms with Crippen molar-refractivity contribution in [2.75, 3.05) is 45.9 Å². The monoisotopic (exact) mass is 485 g/mol. The molecule has 1 aromatic rings. The number of nitrogens with one attached hydrogen (secondary N) is 2. The summed E-state index contributed by atoms with van der Waals surface area (Å²) in [5.74, 6) is -0.416. The Morgan fingerprint density at radius 3 is 2.54 bits per heavy atom. The van der Waals surface area contributed by atoms with Gasteiger partial charge in [0.2, 0.25) is 0 Å². The van der Waals surface area contributed by atoms with Crippen LogP contribution in [0.25, 0.3) is 0 Å². The van der Waals surface area contributed by atoms with E-state index in [4.69, 9.17) is 4.74 Å². The number of amides is 4. The van der Waals surface area contributed by atoms with E-state index in [1.165, 1.54) is 0 Å². The maximum Gasteiger partial charge on any atom is 0.338 e. The highest BCUT2D eigenvalue weighted by atomic mass is 16.5. The highest BCUT2D eigenvalue weighted by Crippen LogP contribution is 2.34. The van der Waals surface area contributed by atoms with Gasteiger partial charge < -0.3 is 20.3 Å². The number of hydrogen-bond donors (Lipinski definition) is 2. The first-order chi connectivity index (χ1) is 16.7. The van der Waals surface area contributed by atoms with Gasteiger partial charge in [-0.2, -0.15) is 0 Å². The van der Waals surface area contributed by atoms with Crippen molar-refractivity contribution in [3.8, 4) is 0 Å². The first-order valence-corrected chi connectivity index (χ1v) is 12.5. The first kappa shape index (κ1) is 26.5. The normalized spacial score (nSPS) is 21.1. The zero-order chi connectivity index (χ0) is 25.7. The van der Waals surface area contributed by atoms with Gasteiger partial charge in [-0.3, -0.25) is 9.80 Å². The van der Waals surface area contributed by atoms with Crippen LogP contribution < -0.4 is 10.6 Å². The van der Waals surface area contributed by atoms with Gasteiger partial charge in [0.15, 0.2) is 0 Å². The highest BCUT2D eigenvalue weighted by Gasteiger charge is 2.39. The van der Waals surface area contributed by atoms with Gasteiger partial charge in [0.1, 0.15) is 0 Å². The smallest absolute Gasteiger partial charge is 0.338 e. The summed E-state index contributed by atoms with van der Waals surface area (Å²) in [6, 6.07) is 5.17. The number of hydrogen-bond acceptors (Lipinski definition) is 5. The van der Waals surface area contributed by atoms with Gasteiger partial charge in [-0.05, 0) is 52.7 Å². The van der Waals surface area contributed by atoms with Crippen molar-refractivity contribution >= 4 is 18.0 Å². The molecule has 2 atom stereocenters. The molecule has 1 fully saturated rings. The molecule has 2 aliphatic heterocycles. The molecular formula is C26H39N5O4. The van der Waals surface area contributed by atoms with Crippen LogP contribution in [0.5, 0.6) is 0 Å². The van der Waals surface area contributed by atoms with Crippen molar-refractivity contribution in [2.45, 2.75) is 53.6 Å². The molecule has 0 saturated carbocycles. The van der Waals surface area contributed by atoms with E-state index >= 15 is 0 Å². The predicted molar refractivity (Wildman–Crippen MR) is 135 cm³/mol. The second-order valence-corrected chi connectivity index (χ2v) is 9.18. The van der Waals surface area contributed by atoms with E-state index < -0.39 is 12.0 Å². The average Bonchev–Trinajstić information content (AvgIpc) is 2.80. The lowest BCUT2D eigenvalue weighted by Crippen LogP contribution is -2.58. The van der Waals surface area contributed by atoms with Crippen LogP contribution >= 0.6 is 0 Å². The number of ether oxygens (including phenoxy) is 1. The van der Waals surface area contributed by atoms with E-state index in [0.29, 0.717) is 50.5 Å². The van der Waals surface area contributed by atoms with E-state index in [-0.39, 0.29) is 24.7 Å². The standard InChI is InChI=1S/C26H39N5O4/c1-7-27-25(33)31-13-12-29(15-19(31)6)16-21-22(24(32)35-9-3)23(28-26(34)30(21)8-2)20-14-17(4)10-11-18(20)5/h10-11,14,19,23H,7-9,12-13,15-16H2,1-6H3,(H,27,33)(H,28,34)/t19-,23-/m0/s1. The average molecular weight is 486 g/mol. The number of nitrogens with zero attached hydrogens (tertiary/aromatic N) is 3. The Morgan fingerprint density at radius 2 is 1.91 bits per heavy atom. The molecule has 1 aromatic carbocycles. The summed E-state index contributed by atoms with van der Waals surface area (Å²) in [4.78, 5) is 44.6. The number of urea groups is 2. The van der Waals surface area contributed by atoms with Crippen molar-refractivity contribution in [1.29, 1.82) is 0 Å². The van der Waals surface area contributed by atoms with Crippen LogP contribution in [0.4, 0.5) is 9.59 Å². The molecule has 0 spiro atoms. The van der Waals surface area contributed by atoms with Crippen LogP contribution in [0.3, 0.4) is 0 Å². The van der Waals surface area contributed by atoms with Gasteiger partial charge in [0.25, 0.3) is 0 Å². The van der Waals surface area contributed by atoms with Crippen LogP contribution in [-0.4, -0.2) is 84.6 Å². The van der Waals surface area contributed by atoms with Crippen LogP contribution in [-0.2, 0) is 9.53 Å². The quantitative estimate of drug-likeness (QED) is 0.579. The van der Waals surface area contributed by atoms with Gasteiger partial charge in [-0.25, -0.2) is 14.4 Å². The van der Waals surface area contributed by atoms with Gasteiger partial charge in [-0.15, -0.1) is 0 Å². The second kappa shape index (κ2) is 11.6. The number of piperazine rings is 1. The molecular weight excluding hydrogens is 446 g/mol. The molecule has 0 aliphatic carbocycles. The number of benzene rings is 1. The Kier molecular flexibility index (Phi) is 8.77. The Hall–Kier alpha value is -3.07. The molecule has 0 unspecified atom stereocenters. The number of carbonyl (C=O) groups is 3. The number of esters is 1. The minimum absolute atomic E-state index is 0.00394. The maximum absolute atomic E-state index is 13.3. The van der Waals surface area contributed by atoms with E-state index in [2.05, 4.69) is 15.5 Å². The third-order valence-corrected chi connectivity index (χ3v) is 6.67. The van der Waals surface area contributed by atoms with Gasteiger partial charge in [0, 0.05) is 51.0 Å². The summed E-state index contributed by atoms with van der Waals surface area (Å²) in [6.07, 6.45) is 0. The molecule has 2 aliphatic rings. The highest BCUT2D eigenvalue weighted by molar-refractivity contribution is 5.95. The van der Waals surface area contributed by atoms with Crippen molar-refractivity contribution < 1.29 is 19.1 Å². The van der Waals surface area contributed by atoms with E-state index in [1.54, 1.807) is 11.8 Å². The van der Waals surface area contributed by atoms with Crippen molar-refractivity contribution in [1.82, 2.24) is 25.3 Å². The molecule has 9 heteroatoms. The lowest BCUT2D eigenvalue weighted by molar-refractivity contribution is -0.139. The molecule has 0 aromatic heterocycles. The lowest BCUT2D eigenvalue weighted by atomic mass is 9.90. The van der Waals surface area contributed by atoms with Crippen molar-refractivity contribution in [3.63, 3.8) is 0 Å². The molecule has 2 heterocycles. The lowest BCUT2D eigenvalue weighted by Gasteiger charge is -2.43. The number of likely N-dealkylation sites (N-methyl/N-ethyl adjacent to an activating group) is 1. The second-order valence-electron chi connectivity index (χ2n) is 9.18. The van der Waals surface area contributed by atoms with Gasteiger partial charge >= 0.3 is 18.0 Å². The zero-order valence-electron chi connectivity index (χ0n) is 21.8. The minimum atomic E-state index is -0.590. The van der Waals surface area contributed by atoms with E-state index in [0.717, 1.165) is 16.7 Å². The summed E-state index contributed by atoms with van der Waals surface area (Å²) in [6.45, 7) is 15.1. The van der Waals surface area contributed by atoms with Gasteiger partial charge in [0.05, 0.1) is 18.2 Å². The fraction of sp³-hybridized carbons (Fsp3) is 0.577. The maximum atomic E-state index is 13.3. The predicted octanol–water partition coefficient (Wildman–Crippen LogP) is 2.94. The molecule has 2 N–H and O–H groups in total. The molecule has 4 amide bonds. The van der Waals surface area contributed by atoms with Crippen LogP contribution in [0.1, 0.15) is 50.4 Å². The Balaban J connectivity index is 2.00. The molecule has 0 bridgehead atoms. The summed E-state index contributed by atoms with van der Waals surface area (Å²) in [5.41, 5.74) is 4.08. The number of rotatable bonds is 7. The van der Waals surface area contributed by atoms with Crippen LogP contribution in [0.15, 0.2) is 29.5 Å². The number of carbonyl (C=O) groups excluding carboxylic acids is 3. The summed E-state index contributed by atoms with van der Waals surface area (Å²) in [5, 5.41) is 5.92. The first-order valence-electron chi connectivity index (χ1n) is 12.5. The van der Waals surface area contributed by atoms with Gasteiger partial charge in [-0.1, -0.05) is 23.8 Å². The largest absolute Gasteiger partial charge is 0.463 e. The molecule has 9 nitrogen and oxygen atoms in total. The summed E-state index contributed by atoms with van der Waals surface area (Å²) in [7, 11) is 0. The summed E-state index contributed by atoms with van der Waals surface area (Å²) < 4.78 is 5.49. The Labute approximate surface area is 208 Å². The van der Waals surface area contributed by atoms with Crippen LogP contribution in [0, 0.1) is 13.8 Å². The molecule has 3 rings (SSSR count). The Morgan fingerprint density at radius 1 is 1.17 bits per heavy atom. The fourth-order valence-electron chi connectivity index (χ4n) is 4.90. The van der Waals surface area contributed by atoms with E-state index in [9.17, 15) is 14.4 Å². The third-order valence-electron chi connectivity index (χ3n) is 6.67. The Bertz CT molecular complexity index is 992. The SMILES string of the molecule is CCNC(=O)N1CCN(CC2=C(C(=O)OCC)[C@H](c3cc(C)ccc3C)NC(=O)N2CC)C[C@@H]1C. The third kappa shape index (κ3) is 5.78. The molecule has 35 heavy (non-hydrogen) atoms.